The number of imidazole rings is 1. The summed E-state index contributed by atoms with van der Waals surface area (Å²) in [5.74, 6) is -0.389. The number of hydrogen-bond donors (Lipinski definition) is 1. The maximum atomic E-state index is 12.2. The molecule has 4 rings (SSSR count). The quantitative estimate of drug-likeness (QED) is 0.482. The van der Waals surface area contributed by atoms with E-state index < -0.39 is 5.25 Å². The number of rotatable bonds is 6. The number of nitrogens with two attached hydrogens (primary N) is 1. The Labute approximate surface area is 168 Å². The molecular weight excluding hydrogens is 366 g/mol. The highest BCUT2D eigenvalue weighted by Gasteiger charge is 2.23. The van der Waals surface area contributed by atoms with Crippen LogP contribution in [-0.4, -0.2) is 15.5 Å². The normalized spacial score (nSPS) is 11.9. The predicted molar refractivity (Wildman–Crippen MR) is 113 cm³/mol. The molecule has 0 radical (unpaired) electrons. The highest BCUT2D eigenvalue weighted by Crippen LogP contribution is 2.37. The summed E-state index contributed by atoms with van der Waals surface area (Å²) in [5.41, 5.74) is 9.60. The van der Waals surface area contributed by atoms with E-state index in [4.69, 9.17) is 5.73 Å². The van der Waals surface area contributed by atoms with Crippen molar-refractivity contribution in [3.8, 4) is 16.9 Å². The van der Waals surface area contributed by atoms with Crippen LogP contribution in [0.3, 0.4) is 0 Å². The van der Waals surface area contributed by atoms with Gasteiger partial charge in [0.25, 0.3) is 0 Å². The van der Waals surface area contributed by atoms with Crippen LogP contribution in [0.4, 0.5) is 0 Å². The third-order valence-corrected chi connectivity index (χ3v) is 5.64. The number of amides is 1. The van der Waals surface area contributed by atoms with Crippen LogP contribution >= 0.6 is 11.8 Å². The van der Waals surface area contributed by atoms with Crippen molar-refractivity contribution in [2.75, 3.05) is 0 Å². The van der Waals surface area contributed by atoms with Crippen LogP contribution < -0.4 is 5.73 Å². The minimum Gasteiger partial charge on any atom is -0.368 e. The van der Waals surface area contributed by atoms with Gasteiger partial charge in [-0.05, 0) is 17.7 Å². The summed E-state index contributed by atoms with van der Waals surface area (Å²) in [7, 11) is 0. The first-order valence-corrected chi connectivity index (χ1v) is 9.81. The summed E-state index contributed by atoms with van der Waals surface area (Å²) in [6, 6.07) is 29.7. The van der Waals surface area contributed by atoms with Gasteiger partial charge in [-0.2, -0.15) is 0 Å². The van der Waals surface area contributed by atoms with Gasteiger partial charge >= 0.3 is 0 Å². The van der Waals surface area contributed by atoms with E-state index in [2.05, 4.69) is 9.55 Å². The minimum absolute atomic E-state index is 0.389. The highest BCUT2D eigenvalue weighted by molar-refractivity contribution is 8.00. The van der Waals surface area contributed by atoms with Gasteiger partial charge in [0.1, 0.15) is 5.25 Å². The van der Waals surface area contributed by atoms with E-state index >= 15 is 0 Å². The number of para-hydroxylation sites is 1. The van der Waals surface area contributed by atoms with Gasteiger partial charge in [0.2, 0.25) is 5.91 Å². The second-order valence-electron chi connectivity index (χ2n) is 6.27. The van der Waals surface area contributed by atoms with Crippen LogP contribution in [0.5, 0.6) is 0 Å². The number of carbonyl (C=O) groups is 1. The third kappa shape index (κ3) is 3.70. The zero-order valence-corrected chi connectivity index (χ0v) is 15.9. The molecule has 4 aromatic rings. The van der Waals surface area contributed by atoms with Gasteiger partial charge < -0.3 is 5.73 Å². The van der Waals surface area contributed by atoms with Crippen LogP contribution in [0.1, 0.15) is 10.8 Å². The number of benzene rings is 3. The van der Waals surface area contributed by atoms with Crippen LogP contribution in [0, 0.1) is 0 Å². The van der Waals surface area contributed by atoms with E-state index in [-0.39, 0.29) is 5.91 Å². The number of hydrogen-bond acceptors (Lipinski definition) is 3. The Morgan fingerprint density at radius 1 is 0.857 bits per heavy atom. The summed E-state index contributed by atoms with van der Waals surface area (Å²) in [6.07, 6.45) is 1.84. The summed E-state index contributed by atoms with van der Waals surface area (Å²) in [6.45, 7) is 0. The van der Waals surface area contributed by atoms with Gasteiger partial charge in [0.15, 0.2) is 5.16 Å². The molecular formula is C23H19N3OS. The second kappa shape index (κ2) is 8.15. The Hall–Kier alpha value is -3.31. The monoisotopic (exact) mass is 385 g/mol. The standard InChI is InChI=1S/C23H19N3OS/c24-22(27)21(18-12-6-2-7-13-18)28-23-25-16-20(17-10-4-1-5-11-17)26(23)19-14-8-3-9-15-19/h1-16,21H,(H2,24,27). The zero-order valence-electron chi connectivity index (χ0n) is 15.1. The molecule has 1 unspecified atom stereocenters. The van der Waals surface area contributed by atoms with Crippen molar-refractivity contribution in [1.29, 1.82) is 0 Å². The van der Waals surface area contributed by atoms with Crippen LogP contribution in [0.2, 0.25) is 0 Å². The van der Waals surface area contributed by atoms with Crippen molar-refractivity contribution in [1.82, 2.24) is 9.55 Å². The van der Waals surface area contributed by atoms with Gasteiger partial charge in [-0.25, -0.2) is 4.98 Å². The molecule has 138 valence electrons. The summed E-state index contributed by atoms with van der Waals surface area (Å²) >= 11 is 1.36. The van der Waals surface area contributed by atoms with Crippen LogP contribution in [-0.2, 0) is 4.79 Å². The number of thioether (sulfide) groups is 1. The molecule has 1 heterocycles. The first kappa shape index (κ1) is 18.1. The Bertz CT molecular complexity index is 1060. The number of carbonyl (C=O) groups excluding carboxylic acids is 1. The molecule has 0 aliphatic rings. The average Bonchev–Trinajstić information content (AvgIpc) is 3.17. The van der Waals surface area contributed by atoms with Crippen LogP contribution in [0.25, 0.3) is 16.9 Å². The molecule has 2 N–H and O–H groups in total. The van der Waals surface area contributed by atoms with E-state index in [0.29, 0.717) is 0 Å². The van der Waals surface area contributed by atoms with Crippen molar-refractivity contribution in [3.05, 3.63) is 103 Å². The smallest absolute Gasteiger partial charge is 0.235 e. The van der Waals surface area contributed by atoms with E-state index in [9.17, 15) is 4.79 Å². The molecule has 4 nitrogen and oxygen atoms in total. The largest absolute Gasteiger partial charge is 0.368 e. The summed E-state index contributed by atoms with van der Waals surface area (Å²) in [5, 5.41) is 0.201. The van der Waals surface area contributed by atoms with E-state index in [1.807, 2.05) is 97.2 Å². The Kier molecular flexibility index (Phi) is 5.26. The lowest BCUT2D eigenvalue weighted by molar-refractivity contribution is -0.117. The lowest BCUT2D eigenvalue weighted by Gasteiger charge is -2.16. The molecule has 0 aliphatic carbocycles. The number of aromatic nitrogens is 2. The molecule has 0 fully saturated rings. The fraction of sp³-hybridized carbons (Fsp3) is 0.0435. The van der Waals surface area contributed by atoms with Crippen molar-refractivity contribution in [3.63, 3.8) is 0 Å². The fourth-order valence-corrected chi connectivity index (χ4v) is 4.12. The summed E-state index contributed by atoms with van der Waals surface area (Å²) < 4.78 is 2.07. The lowest BCUT2D eigenvalue weighted by Crippen LogP contribution is -2.19. The number of primary amides is 1. The maximum absolute atomic E-state index is 12.2. The van der Waals surface area contributed by atoms with Gasteiger partial charge in [-0.1, -0.05) is 90.6 Å². The third-order valence-electron chi connectivity index (χ3n) is 4.40. The number of nitrogens with zero attached hydrogens (tertiary/aromatic N) is 2. The molecule has 1 aromatic heterocycles. The second-order valence-corrected chi connectivity index (χ2v) is 7.35. The highest BCUT2D eigenvalue weighted by atomic mass is 32.2. The zero-order chi connectivity index (χ0) is 19.3. The molecule has 1 amide bonds. The first-order valence-electron chi connectivity index (χ1n) is 8.93. The Balaban J connectivity index is 1.81. The lowest BCUT2D eigenvalue weighted by atomic mass is 10.1. The van der Waals surface area contributed by atoms with Crippen molar-refractivity contribution >= 4 is 17.7 Å². The molecule has 0 aliphatic heterocycles. The fourth-order valence-electron chi connectivity index (χ4n) is 3.08. The van der Waals surface area contributed by atoms with Crippen molar-refractivity contribution in [2.24, 2.45) is 5.73 Å². The maximum Gasteiger partial charge on any atom is 0.235 e. The topological polar surface area (TPSA) is 60.9 Å². The predicted octanol–water partition coefficient (Wildman–Crippen LogP) is 4.86. The van der Waals surface area contributed by atoms with E-state index in [1.165, 1.54) is 11.8 Å². The Morgan fingerprint density at radius 3 is 2.04 bits per heavy atom. The molecule has 5 heteroatoms. The van der Waals surface area contributed by atoms with Crippen molar-refractivity contribution < 1.29 is 4.79 Å². The molecule has 1 atom stereocenters. The SMILES string of the molecule is NC(=O)C(Sc1ncc(-c2ccccc2)n1-c1ccccc1)c1ccccc1. The molecule has 3 aromatic carbocycles. The average molecular weight is 385 g/mol. The van der Waals surface area contributed by atoms with Gasteiger partial charge in [-0.15, -0.1) is 0 Å². The van der Waals surface area contributed by atoms with Crippen LogP contribution in [0.15, 0.2) is 102 Å². The molecule has 0 bridgehead atoms. The molecule has 28 heavy (non-hydrogen) atoms. The Morgan fingerprint density at radius 2 is 1.43 bits per heavy atom. The molecule has 0 spiro atoms. The molecule has 0 saturated heterocycles. The molecule has 0 saturated carbocycles. The van der Waals surface area contributed by atoms with Gasteiger partial charge in [-0.3, -0.25) is 9.36 Å². The van der Waals surface area contributed by atoms with E-state index in [1.54, 1.807) is 0 Å². The minimum atomic E-state index is -0.519. The van der Waals surface area contributed by atoms with E-state index in [0.717, 1.165) is 27.7 Å². The van der Waals surface area contributed by atoms with Gasteiger partial charge in [0, 0.05) is 11.3 Å². The summed E-state index contributed by atoms with van der Waals surface area (Å²) in [4.78, 5) is 16.8. The van der Waals surface area contributed by atoms with Gasteiger partial charge in [0.05, 0.1) is 11.9 Å². The van der Waals surface area contributed by atoms with Crippen molar-refractivity contribution in [2.45, 2.75) is 10.4 Å². The first-order chi connectivity index (χ1) is 13.7.